The van der Waals surface area contributed by atoms with Crippen LogP contribution < -0.4 is 9.46 Å². The van der Waals surface area contributed by atoms with E-state index in [1.54, 1.807) is 0 Å². The smallest absolute Gasteiger partial charge is 0.279 e. The monoisotopic (exact) mass is 298 g/mol. The van der Waals surface area contributed by atoms with Gasteiger partial charge in [0.1, 0.15) is 12.4 Å². The topological polar surface area (TPSA) is 58.6 Å². The molecule has 0 atom stereocenters. The van der Waals surface area contributed by atoms with E-state index in [9.17, 15) is 8.42 Å². The summed E-state index contributed by atoms with van der Waals surface area (Å²) < 4.78 is 33.7. The molecule has 1 heterocycles. The van der Waals surface area contributed by atoms with E-state index in [2.05, 4.69) is 11.6 Å². The molecule has 0 bridgehead atoms. The number of hydrogen-bond donors (Lipinski definition) is 1. The number of hydrogen-bond acceptors (Lipinski definition) is 3. The highest BCUT2D eigenvalue weighted by Gasteiger charge is 2.25. The summed E-state index contributed by atoms with van der Waals surface area (Å²) in [4.78, 5) is 0. The van der Waals surface area contributed by atoms with Gasteiger partial charge in [-0.05, 0) is 30.9 Å². The summed E-state index contributed by atoms with van der Waals surface area (Å²) in [5.41, 5.74) is 0. The van der Waals surface area contributed by atoms with Crippen molar-refractivity contribution < 1.29 is 13.2 Å². The molecule has 0 amide bonds. The molecule has 0 spiro atoms. The Balaban J connectivity index is 1.73. The summed E-state index contributed by atoms with van der Waals surface area (Å²) in [5.74, 6) is 1.36. The van der Waals surface area contributed by atoms with E-state index in [1.807, 2.05) is 30.3 Å². The van der Waals surface area contributed by atoms with Crippen molar-refractivity contribution in [2.45, 2.75) is 19.8 Å². The minimum atomic E-state index is -3.36. The molecule has 1 aromatic carbocycles. The van der Waals surface area contributed by atoms with Gasteiger partial charge in [-0.15, -0.1) is 0 Å². The minimum Gasteiger partial charge on any atom is -0.492 e. The number of nitrogens with one attached hydrogen (secondary N) is 1. The first-order chi connectivity index (χ1) is 9.58. The molecule has 5 nitrogen and oxygen atoms in total. The van der Waals surface area contributed by atoms with Gasteiger partial charge in [0.15, 0.2) is 0 Å². The van der Waals surface area contributed by atoms with E-state index < -0.39 is 10.2 Å². The van der Waals surface area contributed by atoms with Crippen molar-refractivity contribution in [1.82, 2.24) is 9.03 Å². The van der Waals surface area contributed by atoms with Crippen molar-refractivity contribution in [2.75, 3.05) is 26.2 Å². The van der Waals surface area contributed by atoms with Crippen LogP contribution in [0.3, 0.4) is 0 Å². The lowest BCUT2D eigenvalue weighted by molar-refractivity contribution is 0.281. The van der Waals surface area contributed by atoms with Gasteiger partial charge in [0, 0.05) is 19.6 Å². The van der Waals surface area contributed by atoms with Gasteiger partial charge in [-0.25, -0.2) is 0 Å². The normalized spacial score (nSPS) is 18.1. The van der Waals surface area contributed by atoms with Crippen LogP contribution in [0.15, 0.2) is 30.3 Å². The third-order valence-electron chi connectivity index (χ3n) is 3.48. The summed E-state index contributed by atoms with van der Waals surface area (Å²) in [6, 6.07) is 9.37. The SMILES string of the molecule is CC1CCN(S(=O)(=O)NCCOc2ccccc2)CC1. The van der Waals surface area contributed by atoms with Gasteiger partial charge in [0.25, 0.3) is 10.2 Å². The second-order valence-corrected chi connectivity index (χ2v) is 6.90. The molecule has 1 aliphatic heterocycles. The Morgan fingerprint density at radius 3 is 2.55 bits per heavy atom. The Morgan fingerprint density at radius 2 is 1.90 bits per heavy atom. The summed E-state index contributed by atoms with van der Waals surface area (Å²) in [5, 5.41) is 0. The molecule has 1 aliphatic rings. The Kier molecular flexibility index (Phi) is 5.39. The van der Waals surface area contributed by atoms with E-state index in [-0.39, 0.29) is 6.54 Å². The summed E-state index contributed by atoms with van der Waals surface area (Å²) in [7, 11) is -3.36. The molecule has 2 rings (SSSR count). The average Bonchev–Trinajstić information content (AvgIpc) is 2.45. The van der Waals surface area contributed by atoms with E-state index in [1.165, 1.54) is 4.31 Å². The van der Waals surface area contributed by atoms with Crippen molar-refractivity contribution in [3.8, 4) is 5.75 Å². The quantitative estimate of drug-likeness (QED) is 0.812. The molecule has 1 aromatic rings. The lowest BCUT2D eigenvalue weighted by Crippen LogP contribution is -2.45. The molecule has 0 saturated carbocycles. The van der Waals surface area contributed by atoms with E-state index >= 15 is 0 Å². The lowest BCUT2D eigenvalue weighted by Gasteiger charge is -2.29. The zero-order chi connectivity index (χ0) is 14.4. The predicted octanol–water partition coefficient (Wildman–Crippen LogP) is 1.63. The molecule has 0 unspecified atom stereocenters. The summed E-state index contributed by atoms with van der Waals surface area (Å²) >= 11 is 0. The Morgan fingerprint density at radius 1 is 1.25 bits per heavy atom. The fraction of sp³-hybridized carbons (Fsp3) is 0.571. The molecule has 1 saturated heterocycles. The van der Waals surface area contributed by atoms with Crippen molar-refractivity contribution >= 4 is 10.2 Å². The molecule has 0 aliphatic carbocycles. The number of rotatable bonds is 6. The number of piperidine rings is 1. The van der Waals surface area contributed by atoms with Crippen molar-refractivity contribution in [3.63, 3.8) is 0 Å². The third kappa shape index (κ3) is 4.47. The molecule has 112 valence electrons. The highest BCUT2D eigenvalue weighted by atomic mass is 32.2. The predicted molar refractivity (Wildman–Crippen MR) is 78.8 cm³/mol. The van der Waals surface area contributed by atoms with Crippen LogP contribution in [0.25, 0.3) is 0 Å². The first-order valence-corrected chi connectivity index (χ1v) is 8.44. The standard InChI is InChI=1S/C14H22N2O3S/c1-13-7-10-16(11-8-13)20(17,18)15-9-12-19-14-5-3-2-4-6-14/h2-6,13,15H,7-12H2,1H3. The number of nitrogens with zero attached hydrogens (tertiary/aromatic N) is 1. The van der Waals surface area contributed by atoms with Crippen molar-refractivity contribution in [3.05, 3.63) is 30.3 Å². The van der Waals surface area contributed by atoms with Crippen LogP contribution >= 0.6 is 0 Å². The van der Waals surface area contributed by atoms with E-state index in [0.717, 1.165) is 18.6 Å². The van der Waals surface area contributed by atoms with Gasteiger partial charge in [-0.2, -0.15) is 17.4 Å². The van der Waals surface area contributed by atoms with E-state index in [4.69, 9.17) is 4.74 Å². The third-order valence-corrected chi connectivity index (χ3v) is 5.09. The molecule has 20 heavy (non-hydrogen) atoms. The molecule has 1 fully saturated rings. The summed E-state index contributed by atoms with van der Waals surface area (Å²) in [6.45, 7) is 3.98. The Labute approximate surface area is 121 Å². The van der Waals surface area contributed by atoms with Crippen LogP contribution in [0, 0.1) is 5.92 Å². The van der Waals surface area contributed by atoms with Gasteiger partial charge in [0.2, 0.25) is 0 Å². The molecular weight excluding hydrogens is 276 g/mol. The first-order valence-electron chi connectivity index (χ1n) is 7.00. The van der Waals surface area contributed by atoms with Crippen molar-refractivity contribution in [2.24, 2.45) is 5.92 Å². The summed E-state index contributed by atoms with van der Waals surface area (Å²) in [6.07, 6.45) is 1.86. The fourth-order valence-electron chi connectivity index (χ4n) is 2.17. The minimum absolute atomic E-state index is 0.281. The van der Waals surface area contributed by atoms with Crippen LogP contribution in [-0.4, -0.2) is 39.0 Å². The highest BCUT2D eigenvalue weighted by Crippen LogP contribution is 2.17. The Bertz CT molecular complexity index is 496. The van der Waals surface area contributed by atoms with Crippen molar-refractivity contribution in [1.29, 1.82) is 0 Å². The van der Waals surface area contributed by atoms with Crippen LogP contribution in [0.4, 0.5) is 0 Å². The largest absolute Gasteiger partial charge is 0.492 e. The first kappa shape index (κ1) is 15.3. The molecule has 0 aromatic heterocycles. The van der Waals surface area contributed by atoms with Gasteiger partial charge < -0.3 is 4.74 Å². The Hall–Kier alpha value is -1.11. The van der Waals surface area contributed by atoms with Crippen LogP contribution in [0.2, 0.25) is 0 Å². The van der Waals surface area contributed by atoms with Crippen LogP contribution in [0.5, 0.6) is 5.75 Å². The van der Waals surface area contributed by atoms with E-state index in [0.29, 0.717) is 25.6 Å². The molecule has 1 N–H and O–H groups in total. The second-order valence-electron chi connectivity index (χ2n) is 5.14. The average molecular weight is 298 g/mol. The maximum atomic E-state index is 12.1. The number of para-hydroxylation sites is 1. The molecule has 0 radical (unpaired) electrons. The second kappa shape index (κ2) is 7.06. The van der Waals surface area contributed by atoms with Gasteiger partial charge in [-0.3, -0.25) is 0 Å². The highest BCUT2D eigenvalue weighted by molar-refractivity contribution is 7.87. The molecule has 6 heteroatoms. The lowest BCUT2D eigenvalue weighted by atomic mass is 10.0. The van der Waals surface area contributed by atoms with Gasteiger partial charge in [-0.1, -0.05) is 25.1 Å². The van der Waals surface area contributed by atoms with Gasteiger partial charge >= 0.3 is 0 Å². The zero-order valence-corrected chi connectivity index (χ0v) is 12.6. The van der Waals surface area contributed by atoms with Gasteiger partial charge in [0.05, 0.1) is 0 Å². The zero-order valence-electron chi connectivity index (χ0n) is 11.8. The number of benzene rings is 1. The number of ether oxygens (including phenoxy) is 1. The van der Waals surface area contributed by atoms with Crippen LogP contribution in [0.1, 0.15) is 19.8 Å². The fourth-order valence-corrected chi connectivity index (χ4v) is 3.39. The molecular formula is C14H22N2O3S. The maximum absolute atomic E-state index is 12.1. The van der Waals surface area contributed by atoms with Crippen LogP contribution in [-0.2, 0) is 10.2 Å². The maximum Gasteiger partial charge on any atom is 0.279 e.